The zero-order valence-corrected chi connectivity index (χ0v) is 22.8. The topological polar surface area (TPSA) is 144 Å². The van der Waals surface area contributed by atoms with Gasteiger partial charge in [0.05, 0.1) is 26.9 Å². The number of nitrogens with zero attached hydrogens (tertiary/aromatic N) is 3. The summed E-state index contributed by atoms with van der Waals surface area (Å²) in [5.41, 5.74) is -0.0133. The molecule has 3 aromatic rings. The highest BCUT2D eigenvalue weighted by molar-refractivity contribution is 5.83. The number of hydrogen-bond donors (Lipinski definition) is 1. The van der Waals surface area contributed by atoms with Crippen LogP contribution in [0.3, 0.4) is 0 Å². The number of carbonyl (C=O) groups is 1. The third kappa shape index (κ3) is 7.79. The molecule has 0 aliphatic carbocycles. The Bertz CT molecular complexity index is 1150. The van der Waals surface area contributed by atoms with Crippen molar-refractivity contribution in [3.63, 3.8) is 0 Å². The molecule has 0 saturated heterocycles. The van der Waals surface area contributed by atoms with Crippen LogP contribution in [0.5, 0.6) is 17.8 Å². The Labute approximate surface area is 232 Å². The first-order chi connectivity index (χ1) is 19.4. The number of hydrogen-bond acceptors (Lipinski definition) is 10. The summed E-state index contributed by atoms with van der Waals surface area (Å²) >= 11 is 0. The Balaban J connectivity index is 1.93. The summed E-state index contributed by atoms with van der Waals surface area (Å²) in [4.78, 5) is 37.1. The van der Waals surface area contributed by atoms with E-state index in [2.05, 4.69) is 20.1 Å². The number of ether oxygens (including phenoxy) is 4. The first kappa shape index (κ1) is 30.1. The lowest BCUT2D eigenvalue weighted by Crippen LogP contribution is -2.54. The Morgan fingerprint density at radius 2 is 1.45 bits per heavy atom. The number of carbonyl (C=O) groups excluding carboxylic acids is 1. The number of amides is 1. The zero-order chi connectivity index (χ0) is 28.8. The molecule has 12 heteroatoms. The molecule has 3 rings (SSSR count). The van der Waals surface area contributed by atoms with Gasteiger partial charge in [0.1, 0.15) is 0 Å². The second-order valence-corrected chi connectivity index (χ2v) is 8.67. The van der Waals surface area contributed by atoms with Gasteiger partial charge in [-0.05, 0) is 24.0 Å². The molecular formula is C28H34N4O8. The van der Waals surface area contributed by atoms with Crippen molar-refractivity contribution in [2.75, 3.05) is 34.5 Å². The minimum atomic E-state index is -1.38. The molecule has 40 heavy (non-hydrogen) atoms. The van der Waals surface area contributed by atoms with Crippen LogP contribution in [-0.4, -0.2) is 61.5 Å². The van der Waals surface area contributed by atoms with Gasteiger partial charge in [-0.15, -0.1) is 10.1 Å². The lowest BCUT2D eigenvalue weighted by atomic mass is 9.80. The first-order valence-electron chi connectivity index (χ1n) is 12.8. The normalized spacial score (nSPS) is 11.8. The number of aromatic nitrogens is 2. The quantitative estimate of drug-likeness (QED) is 0.149. The van der Waals surface area contributed by atoms with Crippen molar-refractivity contribution in [1.82, 2.24) is 15.3 Å². The van der Waals surface area contributed by atoms with Crippen LogP contribution >= 0.6 is 0 Å². The Hall–Kier alpha value is -4.45. The molecule has 1 atom stereocenters. The lowest BCUT2D eigenvalue weighted by Gasteiger charge is -2.39. The van der Waals surface area contributed by atoms with Crippen LogP contribution in [0, 0.1) is 10.1 Å². The average Bonchev–Trinajstić information content (AvgIpc) is 2.99. The van der Waals surface area contributed by atoms with Gasteiger partial charge in [-0.25, -0.2) is 0 Å². The molecule has 2 aromatic carbocycles. The molecule has 1 unspecified atom stereocenters. The molecule has 1 N–H and O–H groups in total. The molecule has 0 spiro atoms. The summed E-state index contributed by atoms with van der Waals surface area (Å²) in [7, 11) is 4.42. The predicted octanol–water partition coefficient (Wildman–Crippen LogP) is 3.72. The molecule has 0 aliphatic heterocycles. The summed E-state index contributed by atoms with van der Waals surface area (Å²) < 4.78 is 23.0. The van der Waals surface area contributed by atoms with Gasteiger partial charge in [-0.1, -0.05) is 73.5 Å². The fraction of sp³-hybridized carbons (Fsp3) is 0.393. The maximum Gasteiger partial charge on any atom is 0.324 e. The molecule has 1 heterocycles. The van der Waals surface area contributed by atoms with Crippen LogP contribution in [0.1, 0.15) is 36.8 Å². The van der Waals surface area contributed by atoms with Crippen LogP contribution in [0.25, 0.3) is 0 Å². The molecule has 0 saturated carbocycles. The molecule has 0 radical (unpaired) electrons. The number of rotatable bonds is 17. The highest BCUT2D eigenvalue weighted by Crippen LogP contribution is 2.39. The number of unbranched alkanes of at least 4 members (excludes halogenated alkanes) is 3. The Morgan fingerprint density at radius 3 is 1.95 bits per heavy atom. The van der Waals surface area contributed by atoms with Gasteiger partial charge >= 0.3 is 6.01 Å². The molecule has 214 valence electrons. The van der Waals surface area contributed by atoms with Gasteiger partial charge in [0.25, 0.3) is 11.0 Å². The van der Waals surface area contributed by atoms with Crippen molar-refractivity contribution in [1.29, 1.82) is 0 Å². The Kier molecular flexibility index (Phi) is 11.5. The van der Waals surface area contributed by atoms with E-state index in [-0.39, 0.29) is 24.4 Å². The van der Waals surface area contributed by atoms with Gasteiger partial charge in [0.15, 0.2) is 5.60 Å². The summed E-state index contributed by atoms with van der Waals surface area (Å²) in [5.74, 6) is -0.0503. The summed E-state index contributed by atoms with van der Waals surface area (Å²) in [6.07, 6.45) is 1.39. The van der Waals surface area contributed by atoms with Gasteiger partial charge in [0.2, 0.25) is 17.9 Å². The van der Waals surface area contributed by atoms with Crippen molar-refractivity contribution in [3.8, 4) is 17.8 Å². The van der Waals surface area contributed by atoms with Gasteiger partial charge < -0.3 is 29.1 Å². The minimum absolute atomic E-state index is 0.0454. The average molecular weight is 555 g/mol. The van der Waals surface area contributed by atoms with Crippen molar-refractivity contribution in [2.24, 2.45) is 0 Å². The summed E-state index contributed by atoms with van der Waals surface area (Å²) in [6.45, 7) is 0.393. The van der Waals surface area contributed by atoms with E-state index in [1.165, 1.54) is 27.4 Å². The van der Waals surface area contributed by atoms with Crippen molar-refractivity contribution >= 4 is 5.91 Å². The summed E-state index contributed by atoms with van der Waals surface area (Å²) in [6, 6.07) is 20.0. The first-order valence-corrected chi connectivity index (χ1v) is 12.8. The van der Waals surface area contributed by atoms with E-state index in [9.17, 15) is 14.9 Å². The van der Waals surface area contributed by atoms with Gasteiger partial charge in [-0.2, -0.15) is 9.97 Å². The molecule has 1 aromatic heterocycles. The van der Waals surface area contributed by atoms with E-state index in [4.69, 9.17) is 18.9 Å². The smallest absolute Gasteiger partial charge is 0.324 e. The number of benzene rings is 2. The standard InChI is InChI=1S/C28H34N4O8/c1-36-23-20-24(37-2)31-27(30-23)40-25(26(33)29-18-12-4-5-13-19-39-32(34)35)28(38-3,21-14-8-6-9-15-21)22-16-10-7-11-17-22/h6-11,14-17,20,25H,4-5,12-13,18-19H2,1-3H3,(H,29,33). The second kappa shape index (κ2) is 15.2. The predicted molar refractivity (Wildman–Crippen MR) is 145 cm³/mol. The maximum absolute atomic E-state index is 13.9. The van der Waals surface area contributed by atoms with Crippen LogP contribution in [0.15, 0.2) is 66.7 Å². The molecule has 0 aliphatic rings. The largest absolute Gasteiger partial charge is 0.481 e. The molecule has 0 fully saturated rings. The van der Waals surface area contributed by atoms with Crippen molar-refractivity contribution < 1.29 is 33.7 Å². The Morgan fingerprint density at radius 1 is 0.900 bits per heavy atom. The summed E-state index contributed by atoms with van der Waals surface area (Å²) in [5, 5.41) is 12.4. The van der Waals surface area contributed by atoms with E-state index in [1.807, 2.05) is 60.7 Å². The molecule has 0 bridgehead atoms. The van der Waals surface area contributed by atoms with Crippen molar-refractivity contribution in [2.45, 2.75) is 37.4 Å². The van der Waals surface area contributed by atoms with Crippen LogP contribution in [-0.2, 0) is 20.0 Å². The zero-order valence-electron chi connectivity index (χ0n) is 22.8. The number of methoxy groups -OCH3 is 3. The minimum Gasteiger partial charge on any atom is -0.481 e. The lowest BCUT2D eigenvalue weighted by molar-refractivity contribution is -0.757. The third-order valence-electron chi connectivity index (χ3n) is 6.20. The molecule has 12 nitrogen and oxygen atoms in total. The second-order valence-electron chi connectivity index (χ2n) is 8.67. The van der Waals surface area contributed by atoms with E-state index >= 15 is 0 Å². The van der Waals surface area contributed by atoms with Crippen molar-refractivity contribution in [3.05, 3.63) is 88.0 Å². The molecule has 1 amide bonds. The number of nitrogens with one attached hydrogen (secondary N) is 1. The van der Waals surface area contributed by atoms with E-state index in [0.717, 1.165) is 12.8 Å². The van der Waals surface area contributed by atoms with E-state index in [0.29, 0.717) is 30.5 Å². The monoisotopic (exact) mass is 554 g/mol. The van der Waals surface area contributed by atoms with Crippen LogP contribution in [0.4, 0.5) is 0 Å². The molecular weight excluding hydrogens is 520 g/mol. The SMILES string of the molecule is COc1cc(OC)nc(OC(C(=O)NCCCCCCO[N+](=O)[O-])C(OC)(c2ccccc2)c2ccccc2)n1. The van der Waals surface area contributed by atoms with Gasteiger partial charge in [-0.3, -0.25) is 4.79 Å². The fourth-order valence-electron chi connectivity index (χ4n) is 4.28. The highest BCUT2D eigenvalue weighted by atomic mass is 16.9. The van der Waals surface area contributed by atoms with E-state index in [1.54, 1.807) is 0 Å². The van der Waals surface area contributed by atoms with Crippen LogP contribution in [0.2, 0.25) is 0 Å². The third-order valence-corrected chi connectivity index (χ3v) is 6.20. The highest BCUT2D eigenvalue weighted by Gasteiger charge is 2.49. The van der Waals surface area contributed by atoms with E-state index < -0.39 is 22.7 Å². The maximum atomic E-state index is 13.9. The van der Waals surface area contributed by atoms with Gasteiger partial charge in [0, 0.05) is 13.7 Å². The fourth-order valence-corrected chi connectivity index (χ4v) is 4.28. The van der Waals surface area contributed by atoms with Crippen LogP contribution < -0.4 is 19.5 Å².